The summed E-state index contributed by atoms with van der Waals surface area (Å²) in [6, 6.07) is 12.4. The van der Waals surface area contributed by atoms with Crippen LogP contribution in [0.1, 0.15) is 23.7 Å². The van der Waals surface area contributed by atoms with E-state index in [1.807, 2.05) is 29.6 Å². The molecule has 0 saturated carbocycles. The van der Waals surface area contributed by atoms with Crippen molar-refractivity contribution in [1.82, 2.24) is 25.1 Å². The lowest BCUT2D eigenvalue weighted by Gasteiger charge is -2.40. The molecule has 1 aromatic carbocycles. The topological polar surface area (TPSA) is 67.6 Å². The molecule has 7 nitrogen and oxygen atoms in total. The van der Waals surface area contributed by atoms with Gasteiger partial charge in [-0.3, -0.25) is 0 Å². The molecule has 1 saturated heterocycles. The van der Waals surface area contributed by atoms with Crippen LogP contribution < -0.4 is 15.0 Å². The molecule has 1 unspecified atom stereocenters. The summed E-state index contributed by atoms with van der Waals surface area (Å²) in [4.78, 5) is 2.31. The fourth-order valence-corrected chi connectivity index (χ4v) is 4.03. The van der Waals surface area contributed by atoms with Crippen LogP contribution in [0.3, 0.4) is 0 Å². The summed E-state index contributed by atoms with van der Waals surface area (Å²) in [6.45, 7) is 6.88. The molecule has 5 rings (SSSR count). The number of nitrogens with zero attached hydrogens (tertiary/aromatic N) is 5. The number of para-hydroxylation sites is 1. The molecule has 0 bridgehead atoms. The van der Waals surface area contributed by atoms with Gasteiger partial charge in [0.25, 0.3) is 0 Å². The Morgan fingerprint density at radius 2 is 2.00 bits per heavy atom. The number of ether oxygens (including phenoxy) is 1. The molecule has 140 valence electrons. The number of fused-ring (bicyclic) bond motifs is 2. The summed E-state index contributed by atoms with van der Waals surface area (Å²) in [5.41, 5.74) is 2.14. The molecule has 0 amide bonds. The maximum absolute atomic E-state index is 5.76. The second-order valence-electron chi connectivity index (χ2n) is 7.51. The number of benzene rings is 1. The van der Waals surface area contributed by atoms with Crippen molar-refractivity contribution in [2.45, 2.75) is 19.3 Å². The molecule has 0 radical (unpaired) electrons. The lowest BCUT2D eigenvalue weighted by atomic mass is 9.92. The third kappa shape index (κ3) is 3.12. The van der Waals surface area contributed by atoms with Crippen molar-refractivity contribution in [2.24, 2.45) is 5.92 Å². The van der Waals surface area contributed by atoms with Crippen molar-refractivity contribution in [3.63, 3.8) is 0 Å². The first-order valence-electron chi connectivity index (χ1n) is 9.64. The molecule has 2 aliphatic rings. The van der Waals surface area contributed by atoms with E-state index in [-0.39, 0.29) is 0 Å². The van der Waals surface area contributed by atoms with Gasteiger partial charge in [-0.05, 0) is 37.1 Å². The molecular weight excluding hydrogens is 340 g/mol. The van der Waals surface area contributed by atoms with Crippen LogP contribution in [0.5, 0.6) is 5.75 Å². The third-order valence-corrected chi connectivity index (χ3v) is 5.59. The highest BCUT2D eigenvalue weighted by atomic mass is 16.5. The van der Waals surface area contributed by atoms with Crippen LogP contribution in [0.15, 0.2) is 36.4 Å². The summed E-state index contributed by atoms with van der Waals surface area (Å²) in [5.74, 6) is 4.09. The van der Waals surface area contributed by atoms with Gasteiger partial charge in [0.05, 0.1) is 6.61 Å². The van der Waals surface area contributed by atoms with Gasteiger partial charge in [-0.2, -0.15) is 4.52 Å². The minimum absolute atomic E-state index is 0.548. The van der Waals surface area contributed by atoms with E-state index >= 15 is 0 Å². The van der Waals surface area contributed by atoms with Gasteiger partial charge in [-0.15, -0.1) is 15.3 Å². The van der Waals surface area contributed by atoms with Gasteiger partial charge in [-0.1, -0.05) is 18.2 Å². The van der Waals surface area contributed by atoms with Crippen LogP contribution in [-0.4, -0.2) is 52.6 Å². The van der Waals surface area contributed by atoms with E-state index in [4.69, 9.17) is 4.74 Å². The van der Waals surface area contributed by atoms with Crippen LogP contribution in [0.25, 0.3) is 5.65 Å². The van der Waals surface area contributed by atoms with E-state index in [1.54, 1.807) is 0 Å². The second-order valence-corrected chi connectivity index (χ2v) is 7.51. The van der Waals surface area contributed by atoms with E-state index in [9.17, 15) is 0 Å². The molecule has 3 aromatic rings. The number of rotatable bonds is 5. The lowest BCUT2D eigenvalue weighted by Crippen LogP contribution is -2.51. The Kier molecular flexibility index (Phi) is 4.16. The Balaban J connectivity index is 1.13. The molecule has 27 heavy (non-hydrogen) atoms. The number of hydrogen-bond acceptors (Lipinski definition) is 6. The molecule has 1 atom stereocenters. The molecule has 2 aromatic heterocycles. The molecule has 2 aliphatic heterocycles. The van der Waals surface area contributed by atoms with Crippen molar-refractivity contribution in [3.05, 3.63) is 47.8 Å². The van der Waals surface area contributed by atoms with Gasteiger partial charge in [0.15, 0.2) is 11.5 Å². The first-order valence-corrected chi connectivity index (χ1v) is 9.64. The number of anilines is 1. The van der Waals surface area contributed by atoms with Gasteiger partial charge < -0.3 is 15.0 Å². The van der Waals surface area contributed by atoms with Crippen LogP contribution in [0.2, 0.25) is 0 Å². The molecule has 0 spiro atoms. The van der Waals surface area contributed by atoms with E-state index in [1.165, 1.54) is 5.56 Å². The van der Waals surface area contributed by atoms with Gasteiger partial charge >= 0.3 is 0 Å². The Morgan fingerprint density at radius 1 is 1.11 bits per heavy atom. The smallest absolute Gasteiger partial charge is 0.178 e. The molecular formula is C20H24N6O. The van der Waals surface area contributed by atoms with Gasteiger partial charge in [-0.25, -0.2) is 0 Å². The predicted molar refractivity (Wildman–Crippen MR) is 103 cm³/mol. The average Bonchev–Trinajstić information content (AvgIpc) is 3.04. The normalized spacial score (nSPS) is 19.6. The van der Waals surface area contributed by atoms with Crippen LogP contribution >= 0.6 is 0 Å². The largest absolute Gasteiger partial charge is 0.493 e. The standard InChI is InChI=1S/C20H24N6O/c1-14-22-23-19-6-7-20(24-26(14)19)25-12-15(13-25)10-21-11-16-8-9-27-18-5-3-2-4-17(16)18/h2-7,15-16,21H,8-13H2,1H3. The highest BCUT2D eigenvalue weighted by Crippen LogP contribution is 2.32. The fourth-order valence-electron chi connectivity index (χ4n) is 4.03. The average molecular weight is 364 g/mol. The number of hydrogen-bond donors (Lipinski definition) is 1. The Labute approximate surface area is 158 Å². The molecule has 4 heterocycles. The van der Waals surface area contributed by atoms with Gasteiger partial charge in [0, 0.05) is 38.0 Å². The predicted octanol–water partition coefficient (Wildman–Crippen LogP) is 2.02. The first-order chi connectivity index (χ1) is 13.3. The fraction of sp³-hybridized carbons (Fsp3) is 0.450. The zero-order chi connectivity index (χ0) is 18.2. The number of aromatic nitrogens is 4. The van der Waals surface area contributed by atoms with Crippen LogP contribution in [0, 0.1) is 12.8 Å². The SMILES string of the molecule is Cc1nnc2ccc(N3CC(CNCC4CCOc5ccccc54)C3)nn12. The quantitative estimate of drug-likeness (QED) is 0.747. The van der Waals surface area contributed by atoms with Crippen molar-refractivity contribution >= 4 is 11.5 Å². The monoisotopic (exact) mass is 364 g/mol. The zero-order valence-corrected chi connectivity index (χ0v) is 15.5. The molecule has 1 N–H and O–H groups in total. The van der Waals surface area contributed by atoms with Gasteiger partial charge in [0.1, 0.15) is 11.6 Å². The Hall–Kier alpha value is -2.67. The van der Waals surface area contributed by atoms with Gasteiger partial charge in [0.2, 0.25) is 0 Å². The minimum Gasteiger partial charge on any atom is -0.493 e. The third-order valence-electron chi connectivity index (χ3n) is 5.59. The van der Waals surface area contributed by atoms with Crippen molar-refractivity contribution in [1.29, 1.82) is 0 Å². The molecule has 7 heteroatoms. The maximum Gasteiger partial charge on any atom is 0.178 e. The highest BCUT2D eigenvalue weighted by Gasteiger charge is 2.28. The Morgan fingerprint density at radius 3 is 2.93 bits per heavy atom. The van der Waals surface area contributed by atoms with Crippen molar-refractivity contribution in [2.75, 3.05) is 37.7 Å². The van der Waals surface area contributed by atoms with Crippen molar-refractivity contribution in [3.8, 4) is 5.75 Å². The van der Waals surface area contributed by atoms with Crippen molar-refractivity contribution < 1.29 is 4.74 Å². The zero-order valence-electron chi connectivity index (χ0n) is 15.5. The minimum atomic E-state index is 0.548. The Bertz CT molecular complexity index is 949. The summed E-state index contributed by atoms with van der Waals surface area (Å²) in [7, 11) is 0. The van der Waals surface area contributed by atoms with E-state index < -0.39 is 0 Å². The van der Waals surface area contributed by atoms with E-state index in [2.05, 4.69) is 43.7 Å². The summed E-state index contributed by atoms with van der Waals surface area (Å²) >= 11 is 0. The molecule has 1 fully saturated rings. The van der Waals surface area contributed by atoms with Crippen LogP contribution in [-0.2, 0) is 0 Å². The molecule has 0 aliphatic carbocycles. The van der Waals surface area contributed by atoms with E-state index in [0.29, 0.717) is 11.8 Å². The second kappa shape index (κ2) is 6.81. The summed E-state index contributed by atoms with van der Waals surface area (Å²) in [5, 5.41) is 16.5. The highest BCUT2D eigenvalue weighted by molar-refractivity contribution is 5.47. The maximum atomic E-state index is 5.76. The van der Waals surface area contributed by atoms with Crippen LogP contribution in [0.4, 0.5) is 5.82 Å². The number of aryl methyl sites for hydroxylation is 1. The first kappa shape index (κ1) is 16.5. The summed E-state index contributed by atoms with van der Waals surface area (Å²) < 4.78 is 7.57. The number of nitrogens with one attached hydrogen (secondary N) is 1. The summed E-state index contributed by atoms with van der Waals surface area (Å²) in [6.07, 6.45) is 1.09. The van der Waals surface area contributed by atoms with E-state index in [0.717, 1.165) is 62.2 Å². The lowest BCUT2D eigenvalue weighted by molar-refractivity contribution is 0.262.